The minimum absolute atomic E-state index is 0.0234. The number of hydrogen-bond acceptors (Lipinski definition) is 5. The summed E-state index contributed by atoms with van der Waals surface area (Å²) < 4.78 is 29.4. The zero-order chi connectivity index (χ0) is 25.8. The van der Waals surface area contributed by atoms with Crippen molar-refractivity contribution in [3.05, 3.63) is 100 Å². The third-order valence-electron chi connectivity index (χ3n) is 6.44. The van der Waals surface area contributed by atoms with Crippen LogP contribution < -0.4 is 10.0 Å². The summed E-state index contributed by atoms with van der Waals surface area (Å²) in [5, 5.41) is 11.0. The molecule has 192 valence electrons. The van der Waals surface area contributed by atoms with Gasteiger partial charge in [-0.15, -0.1) is 0 Å². The Kier molecular flexibility index (Phi) is 7.81. The van der Waals surface area contributed by atoms with Crippen LogP contribution in [0.2, 0.25) is 10.0 Å². The van der Waals surface area contributed by atoms with E-state index in [0.29, 0.717) is 16.6 Å². The third kappa shape index (κ3) is 6.15. The molecule has 1 atom stereocenters. The second kappa shape index (κ2) is 11.2. The maximum atomic E-state index is 13.4. The first kappa shape index (κ1) is 25.7. The average Bonchev–Trinajstić information content (AvgIpc) is 3.35. The lowest BCUT2D eigenvalue weighted by Crippen LogP contribution is -2.43. The monoisotopic (exact) mass is 555 g/mol. The number of nitrogens with zero attached hydrogens (tertiary/aromatic N) is 3. The molecule has 5 rings (SSSR count). The number of sulfonamides is 1. The number of hydrogen-bond donors (Lipinski definition) is 2. The highest BCUT2D eigenvalue weighted by Crippen LogP contribution is 2.30. The van der Waals surface area contributed by atoms with Crippen LogP contribution in [-0.4, -0.2) is 50.8 Å². The quantitative estimate of drug-likeness (QED) is 0.347. The molecule has 1 unspecified atom stereocenters. The predicted octanol–water partition coefficient (Wildman–Crippen LogP) is 4.88. The van der Waals surface area contributed by atoms with Gasteiger partial charge in [-0.1, -0.05) is 65.7 Å². The van der Waals surface area contributed by atoms with Crippen molar-refractivity contribution in [2.24, 2.45) is 10.1 Å². The van der Waals surface area contributed by atoms with Gasteiger partial charge in [-0.2, -0.15) is 5.10 Å². The maximum absolute atomic E-state index is 13.4. The standard InChI is InChI=1S/C27H27Cl2N5O2S/c28-21-9-11-24(12-10-21)37(35,36)33-27(31-23-13-15-30-16-14-23)34-18-25(19-5-2-1-3-6-19)26(32-34)20-7-4-8-22(29)17-20/h1-12,17,23,25,30H,13-16,18H2,(H,31,33). The molecule has 7 nitrogen and oxygen atoms in total. The van der Waals surface area contributed by atoms with Crippen LogP contribution in [0.5, 0.6) is 0 Å². The van der Waals surface area contributed by atoms with Gasteiger partial charge in [0.05, 0.1) is 23.2 Å². The van der Waals surface area contributed by atoms with Crippen molar-refractivity contribution in [3.8, 4) is 0 Å². The molecule has 2 aliphatic heterocycles. The van der Waals surface area contributed by atoms with Crippen LogP contribution in [0.25, 0.3) is 0 Å². The number of hydrazone groups is 1. The van der Waals surface area contributed by atoms with E-state index >= 15 is 0 Å². The second-order valence-corrected chi connectivity index (χ2v) is 11.6. The molecule has 0 spiro atoms. The average molecular weight is 557 g/mol. The first-order valence-corrected chi connectivity index (χ1v) is 14.4. The summed E-state index contributed by atoms with van der Waals surface area (Å²) in [4.78, 5) is 4.98. The summed E-state index contributed by atoms with van der Waals surface area (Å²) in [6.07, 6.45) is 1.62. The molecular weight excluding hydrogens is 529 g/mol. The van der Waals surface area contributed by atoms with Crippen LogP contribution in [0.15, 0.2) is 93.9 Å². The van der Waals surface area contributed by atoms with Crippen LogP contribution in [0.1, 0.15) is 29.9 Å². The highest BCUT2D eigenvalue weighted by Gasteiger charge is 2.33. The van der Waals surface area contributed by atoms with Gasteiger partial charge in [-0.05, 0) is 73.5 Å². The molecule has 0 saturated carbocycles. The second-order valence-electron chi connectivity index (χ2n) is 9.03. The van der Waals surface area contributed by atoms with E-state index in [4.69, 9.17) is 33.3 Å². The third-order valence-corrected chi connectivity index (χ3v) is 8.28. The smallest absolute Gasteiger partial charge is 0.264 e. The van der Waals surface area contributed by atoms with Crippen LogP contribution in [-0.2, 0) is 10.0 Å². The summed E-state index contributed by atoms with van der Waals surface area (Å²) in [7, 11) is -3.92. The lowest BCUT2D eigenvalue weighted by atomic mass is 9.91. The van der Waals surface area contributed by atoms with Crippen molar-refractivity contribution in [1.82, 2.24) is 15.0 Å². The Morgan fingerprint density at radius 1 is 0.946 bits per heavy atom. The molecule has 1 saturated heterocycles. The minimum atomic E-state index is -3.92. The summed E-state index contributed by atoms with van der Waals surface area (Å²) in [5.41, 5.74) is 2.76. The number of piperidine rings is 1. The van der Waals surface area contributed by atoms with E-state index in [9.17, 15) is 8.42 Å². The van der Waals surface area contributed by atoms with Crippen LogP contribution in [0.4, 0.5) is 0 Å². The highest BCUT2D eigenvalue weighted by molar-refractivity contribution is 7.90. The minimum Gasteiger partial charge on any atom is -0.317 e. The van der Waals surface area contributed by atoms with Gasteiger partial charge in [0.1, 0.15) is 0 Å². The Morgan fingerprint density at radius 3 is 2.38 bits per heavy atom. The molecule has 3 aromatic carbocycles. The first-order valence-electron chi connectivity index (χ1n) is 12.1. The first-order chi connectivity index (χ1) is 17.9. The number of halogens is 2. The zero-order valence-electron chi connectivity index (χ0n) is 20.0. The fourth-order valence-corrected chi connectivity index (χ4v) is 5.86. The van der Waals surface area contributed by atoms with Crippen molar-refractivity contribution in [2.45, 2.75) is 29.7 Å². The van der Waals surface area contributed by atoms with Gasteiger partial charge in [-0.25, -0.2) is 23.1 Å². The molecule has 0 bridgehead atoms. The highest BCUT2D eigenvalue weighted by atomic mass is 35.5. The molecular formula is C27H27Cl2N5O2S. The van der Waals surface area contributed by atoms with E-state index in [2.05, 4.69) is 22.2 Å². The van der Waals surface area contributed by atoms with E-state index < -0.39 is 10.0 Å². The fourth-order valence-electron chi connectivity index (χ4n) is 4.54. The lowest BCUT2D eigenvalue weighted by Gasteiger charge is -2.24. The van der Waals surface area contributed by atoms with Crippen LogP contribution in [0, 0.1) is 0 Å². The van der Waals surface area contributed by atoms with Gasteiger partial charge in [-0.3, -0.25) is 0 Å². The molecule has 1 fully saturated rings. The van der Waals surface area contributed by atoms with Crippen molar-refractivity contribution in [1.29, 1.82) is 0 Å². The van der Waals surface area contributed by atoms with Gasteiger partial charge in [0.25, 0.3) is 10.0 Å². The molecule has 3 aromatic rings. The molecule has 10 heteroatoms. The molecule has 2 aliphatic rings. The van der Waals surface area contributed by atoms with E-state index in [1.54, 1.807) is 17.1 Å². The molecule has 2 heterocycles. The SMILES string of the molecule is O=S(=O)(NC(=NC1CCNCC1)N1CC(c2ccccc2)C(c2cccc(Cl)c2)=N1)c1ccc(Cl)cc1. The van der Waals surface area contributed by atoms with Gasteiger partial charge in [0, 0.05) is 16.0 Å². The Hall–Kier alpha value is -2.91. The molecule has 0 aliphatic carbocycles. The zero-order valence-corrected chi connectivity index (χ0v) is 22.3. The summed E-state index contributed by atoms with van der Waals surface area (Å²) in [6.45, 7) is 2.09. The molecule has 0 radical (unpaired) electrons. The van der Waals surface area contributed by atoms with Gasteiger partial charge in [0.2, 0.25) is 5.96 Å². The van der Waals surface area contributed by atoms with Crippen molar-refractivity contribution in [3.63, 3.8) is 0 Å². The summed E-state index contributed by atoms with van der Waals surface area (Å²) >= 11 is 12.3. The van der Waals surface area contributed by atoms with Crippen molar-refractivity contribution in [2.75, 3.05) is 19.6 Å². The number of aliphatic imine (C=N–C) groups is 1. The number of rotatable bonds is 5. The van der Waals surface area contributed by atoms with E-state index in [0.717, 1.165) is 42.8 Å². The molecule has 37 heavy (non-hydrogen) atoms. The largest absolute Gasteiger partial charge is 0.317 e. The Bertz CT molecular complexity index is 1410. The Balaban J connectivity index is 1.54. The Morgan fingerprint density at radius 2 is 1.68 bits per heavy atom. The normalized spacial score (nSPS) is 19.1. The van der Waals surface area contributed by atoms with Crippen LogP contribution >= 0.6 is 23.2 Å². The van der Waals surface area contributed by atoms with Crippen molar-refractivity contribution >= 4 is 44.9 Å². The Labute approximate surface area is 227 Å². The van der Waals surface area contributed by atoms with E-state index in [1.807, 2.05) is 42.5 Å². The van der Waals surface area contributed by atoms with Gasteiger partial charge < -0.3 is 5.32 Å². The van der Waals surface area contributed by atoms with Gasteiger partial charge in [0.15, 0.2) is 0 Å². The van der Waals surface area contributed by atoms with Crippen molar-refractivity contribution < 1.29 is 8.42 Å². The number of benzene rings is 3. The maximum Gasteiger partial charge on any atom is 0.264 e. The molecule has 0 aromatic heterocycles. The summed E-state index contributed by atoms with van der Waals surface area (Å²) in [6, 6.07) is 23.6. The predicted molar refractivity (Wildman–Crippen MR) is 149 cm³/mol. The molecule has 2 N–H and O–H groups in total. The van der Waals surface area contributed by atoms with E-state index in [1.165, 1.54) is 12.1 Å². The summed E-state index contributed by atoms with van der Waals surface area (Å²) in [5.74, 6) is 0.109. The topological polar surface area (TPSA) is 86.2 Å². The lowest BCUT2D eigenvalue weighted by molar-refractivity contribution is 0.429. The number of guanidine groups is 1. The molecule has 0 amide bonds. The number of nitrogens with one attached hydrogen (secondary N) is 2. The van der Waals surface area contributed by atoms with Crippen LogP contribution in [0.3, 0.4) is 0 Å². The fraction of sp³-hybridized carbons (Fsp3) is 0.259. The van der Waals surface area contributed by atoms with Gasteiger partial charge >= 0.3 is 0 Å². The van der Waals surface area contributed by atoms with E-state index in [-0.39, 0.29) is 22.8 Å².